The van der Waals surface area contributed by atoms with Gasteiger partial charge in [-0.3, -0.25) is 9.59 Å². The van der Waals surface area contributed by atoms with Gasteiger partial charge >= 0.3 is 5.97 Å². The number of carbonyl (C=O) groups excluding carboxylic acids is 1. The normalized spacial score (nSPS) is 25.4. The first-order valence-electron chi connectivity index (χ1n) is 7.06. The Hall–Kier alpha value is -1.06. The highest BCUT2D eigenvalue weighted by molar-refractivity contribution is 5.78. The third-order valence-electron chi connectivity index (χ3n) is 3.93. The first kappa shape index (κ1) is 15.0. The van der Waals surface area contributed by atoms with Crippen molar-refractivity contribution >= 4 is 11.9 Å². The molecule has 1 rings (SSSR count). The molecule has 1 fully saturated rings. The molecule has 104 valence electrons. The van der Waals surface area contributed by atoms with Gasteiger partial charge in [0.2, 0.25) is 5.91 Å². The number of carboxylic acids is 1. The lowest BCUT2D eigenvalue weighted by Crippen LogP contribution is -2.39. The number of amides is 1. The van der Waals surface area contributed by atoms with Crippen molar-refractivity contribution in [2.45, 2.75) is 52.4 Å². The van der Waals surface area contributed by atoms with Gasteiger partial charge in [0, 0.05) is 12.5 Å². The van der Waals surface area contributed by atoms with Crippen LogP contribution in [0.2, 0.25) is 0 Å². The van der Waals surface area contributed by atoms with Gasteiger partial charge in [0.25, 0.3) is 0 Å². The minimum absolute atomic E-state index is 0.0295. The van der Waals surface area contributed by atoms with Crippen LogP contribution in [-0.4, -0.2) is 23.5 Å². The summed E-state index contributed by atoms with van der Waals surface area (Å²) < 4.78 is 0. The van der Waals surface area contributed by atoms with E-state index >= 15 is 0 Å². The quantitative estimate of drug-likeness (QED) is 0.766. The Balaban J connectivity index is 2.40. The molecule has 1 saturated carbocycles. The number of carbonyl (C=O) groups is 2. The van der Waals surface area contributed by atoms with Gasteiger partial charge in [0.1, 0.15) is 0 Å². The molecule has 0 bridgehead atoms. The Morgan fingerprint density at radius 2 is 2.00 bits per heavy atom. The van der Waals surface area contributed by atoms with E-state index in [4.69, 9.17) is 5.11 Å². The second kappa shape index (κ2) is 7.39. The summed E-state index contributed by atoms with van der Waals surface area (Å²) in [5.41, 5.74) is 0. The van der Waals surface area contributed by atoms with E-state index in [0.29, 0.717) is 6.54 Å². The Morgan fingerprint density at radius 1 is 1.33 bits per heavy atom. The summed E-state index contributed by atoms with van der Waals surface area (Å²) in [5, 5.41) is 12.1. The molecule has 1 amide bonds. The van der Waals surface area contributed by atoms with Gasteiger partial charge in [-0.05, 0) is 25.2 Å². The number of hydrogen-bond acceptors (Lipinski definition) is 2. The third kappa shape index (κ3) is 4.31. The maximum Gasteiger partial charge on any atom is 0.306 e. The zero-order chi connectivity index (χ0) is 13.5. The predicted octanol–water partition coefficient (Wildman–Crippen LogP) is 2.43. The average Bonchev–Trinajstić information content (AvgIpc) is 2.36. The molecule has 1 aliphatic carbocycles. The van der Waals surface area contributed by atoms with Crippen molar-refractivity contribution in [3.05, 3.63) is 0 Å². The first-order chi connectivity index (χ1) is 8.56. The smallest absolute Gasteiger partial charge is 0.306 e. The molecule has 0 aromatic carbocycles. The van der Waals surface area contributed by atoms with Crippen molar-refractivity contribution in [2.75, 3.05) is 6.54 Å². The Labute approximate surface area is 109 Å². The van der Waals surface area contributed by atoms with E-state index in [1.54, 1.807) is 0 Å². The molecule has 0 spiro atoms. The SMILES string of the molecule is CCCC(C)C(=O)NCC1CCCCC1C(=O)O. The van der Waals surface area contributed by atoms with Crippen molar-refractivity contribution in [3.8, 4) is 0 Å². The number of hydrogen-bond donors (Lipinski definition) is 2. The molecule has 4 nitrogen and oxygen atoms in total. The van der Waals surface area contributed by atoms with Gasteiger partial charge in [0.15, 0.2) is 0 Å². The standard InChI is InChI=1S/C14H25NO3/c1-3-6-10(2)13(16)15-9-11-7-4-5-8-12(11)14(17)18/h10-12H,3-9H2,1-2H3,(H,15,16)(H,17,18). The molecule has 0 radical (unpaired) electrons. The van der Waals surface area contributed by atoms with Gasteiger partial charge in [-0.15, -0.1) is 0 Å². The molecule has 0 aromatic rings. The molecule has 1 aliphatic rings. The van der Waals surface area contributed by atoms with Crippen LogP contribution in [0, 0.1) is 17.8 Å². The summed E-state index contributed by atoms with van der Waals surface area (Å²) in [6.07, 6.45) is 5.62. The van der Waals surface area contributed by atoms with Crippen molar-refractivity contribution in [2.24, 2.45) is 17.8 Å². The molecule has 0 heterocycles. The van der Waals surface area contributed by atoms with E-state index in [1.807, 2.05) is 6.92 Å². The van der Waals surface area contributed by atoms with Crippen LogP contribution in [0.15, 0.2) is 0 Å². The molecule has 4 heteroatoms. The molecule has 3 atom stereocenters. The van der Waals surface area contributed by atoms with Crippen LogP contribution in [0.1, 0.15) is 52.4 Å². The summed E-state index contributed by atoms with van der Waals surface area (Å²) in [6, 6.07) is 0. The third-order valence-corrected chi connectivity index (χ3v) is 3.93. The number of carboxylic acid groups (broad SMARTS) is 1. The van der Waals surface area contributed by atoms with Crippen LogP contribution < -0.4 is 5.32 Å². The molecular formula is C14H25NO3. The number of rotatable bonds is 6. The number of aliphatic carboxylic acids is 1. The number of nitrogens with one attached hydrogen (secondary N) is 1. The molecule has 0 aromatic heterocycles. The Morgan fingerprint density at radius 3 is 2.61 bits per heavy atom. The molecule has 2 N–H and O–H groups in total. The topological polar surface area (TPSA) is 66.4 Å². The van der Waals surface area contributed by atoms with E-state index in [-0.39, 0.29) is 23.7 Å². The van der Waals surface area contributed by atoms with Crippen molar-refractivity contribution < 1.29 is 14.7 Å². The zero-order valence-corrected chi connectivity index (χ0v) is 11.4. The van der Waals surface area contributed by atoms with E-state index in [1.165, 1.54) is 0 Å². The minimum Gasteiger partial charge on any atom is -0.481 e. The lowest BCUT2D eigenvalue weighted by molar-refractivity contribution is -0.145. The lowest BCUT2D eigenvalue weighted by atomic mass is 9.79. The van der Waals surface area contributed by atoms with E-state index in [0.717, 1.165) is 38.5 Å². The Kier molecular flexibility index (Phi) is 6.16. The van der Waals surface area contributed by atoms with Gasteiger partial charge in [0.05, 0.1) is 5.92 Å². The fourth-order valence-corrected chi connectivity index (χ4v) is 2.75. The summed E-state index contributed by atoms with van der Waals surface area (Å²) >= 11 is 0. The van der Waals surface area contributed by atoms with Crippen molar-refractivity contribution in [1.82, 2.24) is 5.32 Å². The Bertz CT molecular complexity index is 291. The monoisotopic (exact) mass is 255 g/mol. The minimum atomic E-state index is -0.712. The molecule has 0 aliphatic heterocycles. The van der Waals surface area contributed by atoms with E-state index in [2.05, 4.69) is 12.2 Å². The van der Waals surface area contributed by atoms with Crippen LogP contribution >= 0.6 is 0 Å². The average molecular weight is 255 g/mol. The highest BCUT2D eigenvalue weighted by atomic mass is 16.4. The zero-order valence-electron chi connectivity index (χ0n) is 11.4. The second-order valence-corrected chi connectivity index (χ2v) is 5.42. The van der Waals surface area contributed by atoms with Crippen LogP contribution in [0.4, 0.5) is 0 Å². The summed E-state index contributed by atoms with van der Waals surface area (Å²) in [6.45, 7) is 4.50. The van der Waals surface area contributed by atoms with Crippen LogP contribution in [0.25, 0.3) is 0 Å². The molecular weight excluding hydrogens is 230 g/mol. The van der Waals surface area contributed by atoms with E-state index < -0.39 is 5.97 Å². The van der Waals surface area contributed by atoms with E-state index in [9.17, 15) is 9.59 Å². The fraction of sp³-hybridized carbons (Fsp3) is 0.857. The summed E-state index contributed by atoms with van der Waals surface area (Å²) in [4.78, 5) is 22.9. The largest absolute Gasteiger partial charge is 0.481 e. The fourth-order valence-electron chi connectivity index (χ4n) is 2.75. The maximum atomic E-state index is 11.8. The van der Waals surface area contributed by atoms with Crippen LogP contribution in [0.3, 0.4) is 0 Å². The van der Waals surface area contributed by atoms with Gasteiger partial charge in [-0.2, -0.15) is 0 Å². The summed E-state index contributed by atoms with van der Waals surface area (Å²) in [5.74, 6) is -0.793. The highest BCUT2D eigenvalue weighted by Crippen LogP contribution is 2.29. The van der Waals surface area contributed by atoms with Crippen molar-refractivity contribution in [3.63, 3.8) is 0 Å². The first-order valence-corrected chi connectivity index (χ1v) is 7.06. The van der Waals surface area contributed by atoms with Crippen LogP contribution in [-0.2, 0) is 9.59 Å². The molecule has 18 heavy (non-hydrogen) atoms. The van der Waals surface area contributed by atoms with Crippen LogP contribution in [0.5, 0.6) is 0 Å². The molecule has 3 unspecified atom stereocenters. The predicted molar refractivity (Wildman–Crippen MR) is 70.2 cm³/mol. The van der Waals surface area contributed by atoms with Crippen molar-refractivity contribution in [1.29, 1.82) is 0 Å². The van der Waals surface area contributed by atoms with Gasteiger partial charge in [-0.25, -0.2) is 0 Å². The molecule has 0 saturated heterocycles. The highest BCUT2D eigenvalue weighted by Gasteiger charge is 2.31. The maximum absolute atomic E-state index is 11.8. The van der Waals surface area contributed by atoms with Gasteiger partial charge in [-0.1, -0.05) is 33.1 Å². The lowest BCUT2D eigenvalue weighted by Gasteiger charge is -2.29. The summed E-state index contributed by atoms with van der Waals surface area (Å²) in [7, 11) is 0. The van der Waals surface area contributed by atoms with Gasteiger partial charge < -0.3 is 10.4 Å². The second-order valence-electron chi connectivity index (χ2n) is 5.42.